The molecule has 0 radical (unpaired) electrons. The normalized spacial score (nSPS) is 10.4. The highest BCUT2D eigenvalue weighted by Gasteiger charge is 2.27. The summed E-state index contributed by atoms with van der Waals surface area (Å²) in [5, 5.41) is 28.8. The van der Waals surface area contributed by atoms with Crippen LogP contribution in [0.25, 0.3) is 0 Å². The Morgan fingerprint density at radius 2 is 1.55 bits per heavy atom. The predicted octanol–water partition coefficient (Wildman–Crippen LogP) is 5.67. The van der Waals surface area contributed by atoms with E-state index in [4.69, 9.17) is 23.2 Å². The van der Waals surface area contributed by atoms with Crippen LogP contribution in [-0.2, 0) is 6.54 Å². The summed E-state index contributed by atoms with van der Waals surface area (Å²) in [6, 6.07) is 15.1. The third-order valence-electron chi connectivity index (χ3n) is 4.19. The fourth-order valence-electron chi connectivity index (χ4n) is 2.84. The molecular formula is C20H14Cl2N4O5. The zero-order valence-corrected chi connectivity index (χ0v) is 17.2. The van der Waals surface area contributed by atoms with Gasteiger partial charge in [0.05, 0.1) is 21.5 Å². The number of benzene rings is 3. The van der Waals surface area contributed by atoms with E-state index in [1.54, 1.807) is 24.3 Å². The van der Waals surface area contributed by atoms with Gasteiger partial charge in [0.15, 0.2) is 0 Å². The van der Waals surface area contributed by atoms with Gasteiger partial charge in [-0.25, -0.2) is 0 Å². The third kappa shape index (κ3) is 5.47. The lowest BCUT2D eigenvalue weighted by Crippen LogP contribution is -2.16. The van der Waals surface area contributed by atoms with Crippen molar-refractivity contribution < 1.29 is 14.6 Å². The number of amides is 1. The second-order valence-corrected chi connectivity index (χ2v) is 7.23. The highest BCUT2D eigenvalue weighted by atomic mass is 35.5. The summed E-state index contributed by atoms with van der Waals surface area (Å²) >= 11 is 11.9. The predicted molar refractivity (Wildman–Crippen MR) is 118 cm³/mol. The molecule has 0 fully saturated rings. The molecule has 31 heavy (non-hydrogen) atoms. The van der Waals surface area contributed by atoms with Gasteiger partial charge in [-0.1, -0.05) is 53.5 Å². The van der Waals surface area contributed by atoms with Gasteiger partial charge >= 0.3 is 0 Å². The Balaban J connectivity index is 2.05. The van der Waals surface area contributed by atoms with Crippen LogP contribution in [0.5, 0.6) is 0 Å². The van der Waals surface area contributed by atoms with Crippen LogP contribution >= 0.6 is 23.2 Å². The summed E-state index contributed by atoms with van der Waals surface area (Å²) in [6.07, 6.45) is 0. The monoisotopic (exact) mass is 460 g/mol. The van der Waals surface area contributed by atoms with Crippen molar-refractivity contribution >= 4 is 51.9 Å². The van der Waals surface area contributed by atoms with Gasteiger partial charge in [0.1, 0.15) is 5.69 Å². The number of nitro groups is 2. The van der Waals surface area contributed by atoms with Crippen molar-refractivity contribution in [3.05, 3.63) is 102 Å². The van der Waals surface area contributed by atoms with Gasteiger partial charge in [-0.05, 0) is 23.8 Å². The first-order chi connectivity index (χ1) is 14.7. The fraction of sp³-hybridized carbons (Fsp3) is 0.0500. The van der Waals surface area contributed by atoms with Crippen molar-refractivity contribution in [1.29, 1.82) is 0 Å². The van der Waals surface area contributed by atoms with Crippen molar-refractivity contribution in [3.8, 4) is 0 Å². The van der Waals surface area contributed by atoms with E-state index in [0.717, 1.165) is 17.7 Å². The molecular weight excluding hydrogens is 447 g/mol. The van der Waals surface area contributed by atoms with Crippen molar-refractivity contribution in [2.75, 3.05) is 10.6 Å². The Labute approximate surface area is 185 Å². The number of nitro benzene ring substituents is 2. The highest BCUT2D eigenvalue weighted by Crippen LogP contribution is 2.34. The Bertz CT molecular complexity index is 1150. The van der Waals surface area contributed by atoms with Crippen molar-refractivity contribution in [2.24, 2.45) is 0 Å². The molecule has 158 valence electrons. The molecule has 0 saturated carbocycles. The molecule has 0 bridgehead atoms. The summed E-state index contributed by atoms with van der Waals surface area (Å²) in [7, 11) is 0. The summed E-state index contributed by atoms with van der Waals surface area (Å²) in [5.74, 6) is -0.805. The molecule has 3 aromatic carbocycles. The number of carbonyl (C=O) groups excluding carboxylic acids is 1. The number of nitrogens with zero attached hydrogens (tertiary/aromatic N) is 2. The largest absolute Gasteiger partial charge is 0.375 e. The minimum absolute atomic E-state index is 0.148. The van der Waals surface area contributed by atoms with E-state index in [-0.39, 0.29) is 33.5 Å². The molecule has 0 aromatic heterocycles. The molecule has 11 heteroatoms. The molecule has 2 N–H and O–H groups in total. The van der Waals surface area contributed by atoms with Crippen LogP contribution in [0.15, 0.2) is 60.7 Å². The molecule has 0 aliphatic rings. The van der Waals surface area contributed by atoms with E-state index < -0.39 is 27.1 Å². The zero-order chi connectivity index (χ0) is 22.5. The third-order valence-corrected chi connectivity index (χ3v) is 4.62. The average molecular weight is 461 g/mol. The van der Waals surface area contributed by atoms with Crippen molar-refractivity contribution in [1.82, 2.24) is 0 Å². The number of hydrogen-bond acceptors (Lipinski definition) is 6. The summed E-state index contributed by atoms with van der Waals surface area (Å²) in [5.41, 5.74) is -0.586. The second kappa shape index (κ2) is 9.41. The standard InChI is InChI=1S/C20H14Cl2N4O5/c21-13-6-14(22)8-15(7-13)24-20(27)17-9-16(25(28)29)10-18(26(30)31)19(17)23-11-12-4-2-1-3-5-12/h1-10,23H,11H2,(H,24,27). The van der Waals surface area contributed by atoms with Gasteiger partial charge in [-0.2, -0.15) is 0 Å². The number of carbonyl (C=O) groups is 1. The lowest BCUT2D eigenvalue weighted by molar-refractivity contribution is -0.393. The molecule has 0 saturated heterocycles. The van der Waals surface area contributed by atoms with Crippen LogP contribution in [-0.4, -0.2) is 15.8 Å². The van der Waals surface area contributed by atoms with E-state index in [0.29, 0.717) is 0 Å². The smallest absolute Gasteiger partial charge is 0.300 e. The number of halogens is 2. The van der Waals surface area contributed by atoms with Crippen molar-refractivity contribution in [2.45, 2.75) is 6.54 Å². The first-order valence-electron chi connectivity index (χ1n) is 8.76. The Hall–Kier alpha value is -3.69. The molecule has 0 atom stereocenters. The average Bonchev–Trinajstić information content (AvgIpc) is 2.71. The van der Waals surface area contributed by atoms with Gasteiger partial charge in [-0.3, -0.25) is 25.0 Å². The maximum Gasteiger partial charge on any atom is 0.300 e. The number of non-ortho nitro benzene ring substituents is 1. The maximum absolute atomic E-state index is 12.9. The molecule has 0 aliphatic carbocycles. The molecule has 0 heterocycles. The fourth-order valence-corrected chi connectivity index (χ4v) is 3.36. The van der Waals surface area contributed by atoms with E-state index in [2.05, 4.69) is 10.6 Å². The molecule has 3 aromatic rings. The molecule has 9 nitrogen and oxygen atoms in total. The van der Waals surface area contributed by atoms with Gasteiger partial charge in [-0.15, -0.1) is 0 Å². The van der Waals surface area contributed by atoms with Gasteiger partial charge in [0, 0.05) is 28.3 Å². The Morgan fingerprint density at radius 3 is 2.13 bits per heavy atom. The quantitative estimate of drug-likeness (QED) is 0.345. The molecule has 3 rings (SSSR count). The first-order valence-corrected chi connectivity index (χ1v) is 9.52. The second-order valence-electron chi connectivity index (χ2n) is 6.35. The number of nitrogens with one attached hydrogen (secondary N) is 2. The zero-order valence-electron chi connectivity index (χ0n) is 15.7. The number of rotatable bonds is 7. The van der Waals surface area contributed by atoms with Crippen LogP contribution in [0, 0.1) is 20.2 Å². The van der Waals surface area contributed by atoms with Crippen molar-refractivity contribution in [3.63, 3.8) is 0 Å². The minimum atomic E-state index is -0.805. The molecule has 0 unspecified atom stereocenters. The van der Waals surface area contributed by atoms with Crippen LogP contribution < -0.4 is 10.6 Å². The van der Waals surface area contributed by atoms with Crippen LogP contribution in [0.3, 0.4) is 0 Å². The topological polar surface area (TPSA) is 127 Å². The lowest BCUT2D eigenvalue weighted by atomic mass is 10.1. The summed E-state index contributed by atoms with van der Waals surface area (Å²) in [6.45, 7) is 0.156. The highest BCUT2D eigenvalue weighted by molar-refractivity contribution is 6.35. The SMILES string of the molecule is O=C(Nc1cc(Cl)cc(Cl)c1)c1cc([N+](=O)[O-])cc([N+](=O)[O-])c1NCc1ccccc1. The van der Waals surface area contributed by atoms with Gasteiger partial charge in [0.2, 0.25) is 0 Å². The van der Waals surface area contributed by atoms with E-state index in [9.17, 15) is 25.0 Å². The number of hydrogen-bond donors (Lipinski definition) is 2. The molecule has 1 amide bonds. The molecule has 0 aliphatic heterocycles. The summed E-state index contributed by atoms with van der Waals surface area (Å²) in [4.78, 5) is 34.2. The van der Waals surface area contributed by atoms with Crippen LogP contribution in [0.4, 0.5) is 22.7 Å². The Morgan fingerprint density at radius 1 is 0.903 bits per heavy atom. The van der Waals surface area contributed by atoms with Crippen LogP contribution in [0.1, 0.15) is 15.9 Å². The molecule has 0 spiro atoms. The maximum atomic E-state index is 12.9. The lowest BCUT2D eigenvalue weighted by Gasteiger charge is -2.13. The number of anilines is 2. The Kier molecular flexibility index (Phi) is 6.68. The van der Waals surface area contributed by atoms with Gasteiger partial charge in [0.25, 0.3) is 17.3 Å². The minimum Gasteiger partial charge on any atom is -0.375 e. The van der Waals surface area contributed by atoms with Crippen LogP contribution in [0.2, 0.25) is 10.0 Å². The van der Waals surface area contributed by atoms with E-state index in [1.807, 2.05) is 6.07 Å². The van der Waals surface area contributed by atoms with Gasteiger partial charge < -0.3 is 10.6 Å². The first kappa shape index (κ1) is 22.0. The van der Waals surface area contributed by atoms with E-state index in [1.165, 1.54) is 18.2 Å². The van der Waals surface area contributed by atoms with E-state index >= 15 is 0 Å². The summed E-state index contributed by atoms with van der Waals surface area (Å²) < 4.78 is 0.